The van der Waals surface area contributed by atoms with Crippen LogP contribution >= 0.6 is 0 Å². The molecule has 1 heterocycles. The third-order valence-corrected chi connectivity index (χ3v) is 5.75. The maximum atomic E-state index is 13.0. The summed E-state index contributed by atoms with van der Waals surface area (Å²) in [7, 11) is -1.58. The highest BCUT2D eigenvalue weighted by Gasteiger charge is 2.56. The first kappa shape index (κ1) is 22.9. The number of hydrogen-bond donors (Lipinski definition) is 0. The molecule has 0 N–H and O–H groups in total. The fourth-order valence-electron chi connectivity index (χ4n) is 3.50. The molecular formula is C18H36N2O5Si. The van der Waals surface area contributed by atoms with Gasteiger partial charge in [-0.2, -0.15) is 0 Å². The molecule has 1 aliphatic rings. The molecule has 0 radical (unpaired) electrons. The van der Waals surface area contributed by atoms with E-state index in [-0.39, 0.29) is 22.8 Å². The van der Waals surface area contributed by atoms with Gasteiger partial charge in [0, 0.05) is 17.9 Å². The van der Waals surface area contributed by atoms with E-state index in [1.165, 1.54) is 0 Å². The van der Waals surface area contributed by atoms with Gasteiger partial charge in [0.15, 0.2) is 9.04 Å². The van der Waals surface area contributed by atoms with Gasteiger partial charge in [-0.05, 0) is 45.2 Å². The van der Waals surface area contributed by atoms with Crippen molar-refractivity contribution in [3.05, 3.63) is 10.1 Å². The fourth-order valence-corrected chi connectivity index (χ4v) is 4.77. The van der Waals surface area contributed by atoms with Crippen molar-refractivity contribution in [2.24, 2.45) is 17.3 Å². The van der Waals surface area contributed by atoms with Crippen LogP contribution in [-0.2, 0) is 9.16 Å². The second kappa shape index (κ2) is 7.84. The maximum absolute atomic E-state index is 13.0. The minimum Gasteiger partial charge on any atom is -0.444 e. The molecule has 1 unspecified atom stereocenters. The van der Waals surface area contributed by atoms with E-state index in [1.807, 2.05) is 40.8 Å². The van der Waals surface area contributed by atoms with E-state index in [0.29, 0.717) is 13.0 Å². The molecule has 1 aliphatic heterocycles. The SMILES string of the molecule is CC(C[N+](=O)[O-])[C@@]1(O[SiH](C)C)C[C@H](C(C)(C)C)CN1C(=O)OC(C)(C)C. The Morgan fingerprint density at radius 2 is 1.85 bits per heavy atom. The molecule has 0 aliphatic carbocycles. The molecule has 152 valence electrons. The van der Waals surface area contributed by atoms with Crippen LogP contribution in [0.25, 0.3) is 0 Å². The summed E-state index contributed by atoms with van der Waals surface area (Å²) in [5.41, 5.74) is -1.66. The highest BCUT2D eigenvalue weighted by atomic mass is 28.3. The zero-order valence-corrected chi connectivity index (χ0v) is 18.9. The quantitative estimate of drug-likeness (QED) is 0.405. The number of hydrogen-bond acceptors (Lipinski definition) is 5. The third-order valence-electron chi connectivity index (χ3n) is 4.87. The van der Waals surface area contributed by atoms with E-state index in [2.05, 4.69) is 20.8 Å². The van der Waals surface area contributed by atoms with Crippen LogP contribution in [0.4, 0.5) is 4.79 Å². The predicted octanol–water partition coefficient (Wildman–Crippen LogP) is 3.90. The Hall–Kier alpha value is -1.15. The number of nitrogens with zero attached hydrogens (tertiary/aromatic N) is 2. The summed E-state index contributed by atoms with van der Waals surface area (Å²) in [6, 6.07) is 0. The number of ether oxygens (including phenoxy) is 1. The van der Waals surface area contributed by atoms with Crippen LogP contribution in [0.1, 0.15) is 54.9 Å². The number of carbonyl (C=O) groups excluding carboxylic acids is 1. The van der Waals surface area contributed by atoms with E-state index in [0.717, 1.165) is 0 Å². The van der Waals surface area contributed by atoms with Gasteiger partial charge in [0.1, 0.15) is 11.3 Å². The second-order valence-corrected chi connectivity index (χ2v) is 12.1. The van der Waals surface area contributed by atoms with Gasteiger partial charge < -0.3 is 9.16 Å². The molecule has 0 bridgehead atoms. The molecule has 8 heteroatoms. The van der Waals surface area contributed by atoms with E-state index in [4.69, 9.17) is 9.16 Å². The van der Waals surface area contributed by atoms with Crippen LogP contribution in [0.3, 0.4) is 0 Å². The normalized spacial score (nSPS) is 25.5. The predicted molar refractivity (Wildman–Crippen MR) is 104 cm³/mol. The molecule has 0 aromatic heterocycles. The van der Waals surface area contributed by atoms with Gasteiger partial charge in [0.05, 0.1) is 5.92 Å². The number of likely N-dealkylation sites (tertiary alicyclic amines) is 1. The minimum absolute atomic E-state index is 0.0434. The van der Waals surface area contributed by atoms with Gasteiger partial charge >= 0.3 is 6.09 Å². The molecule has 0 saturated carbocycles. The molecule has 26 heavy (non-hydrogen) atoms. The average Bonchev–Trinajstić information content (AvgIpc) is 2.75. The summed E-state index contributed by atoms with van der Waals surface area (Å²) in [6.45, 7) is 18.0. The highest BCUT2D eigenvalue weighted by Crippen LogP contribution is 2.47. The van der Waals surface area contributed by atoms with E-state index in [1.54, 1.807) is 4.90 Å². The monoisotopic (exact) mass is 388 g/mol. The van der Waals surface area contributed by atoms with Gasteiger partial charge in [-0.25, -0.2) is 4.79 Å². The van der Waals surface area contributed by atoms with Gasteiger partial charge in [-0.3, -0.25) is 15.0 Å². The number of nitro groups is 1. The van der Waals surface area contributed by atoms with Crippen LogP contribution in [0.15, 0.2) is 0 Å². The van der Waals surface area contributed by atoms with Gasteiger partial charge in [0.2, 0.25) is 6.54 Å². The standard InChI is InChI=1S/C18H36N2O5Si/c1-13(11-20(22)23)18(25-26(8)9)10-14(16(2,3)4)12-19(18)15(21)24-17(5,6)7/h13-14,26H,10-12H2,1-9H3/t13?,14-,18-/m0/s1. The number of carbonyl (C=O) groups is 1. The molecule has 3 atom stereocenters. The highest BCUT2D eigenvalue weighted by molar-refractivity contribution is 6.48. The molecule has 1 amide bonds. The Kier molecular flexibility index (Phi) is 6.90. The molecule has 0 spiro atoms. The third kappa shape index (κ3) is 5.67. The van der Waals surface area contributed by atoms with E-state index < -0.39 is 32.4 Å². The van der Waals surface area contributed by atoms with Crippen molar-refractivity contribution in [3.63, 3.8) is 0 Å². The van der Waals surface area contributed by atoms with Crippen LogP contribution in [0, 0.1) is 27.4 Å². The van der Waals surface area contributed by atoms with Crippen molar-refractivity contribution in [3.8, 4) is 0 Å². The second-order valence-electron chi connectivity index (χ2n) is 9.79. The lowest BCUT2D eigenvalue weighted by atomic mass is 9.77. The lowest BCUT2D eigenvalue weighted by molar-refractivity contribution is -0.493. The maximum Gasteiger partial charge on any atom is 0.412 e. The van der Waals surface area contributed by atoms with Crippen LogP contribution in [0.5, 0.6) is 0 Å². The van der Waals surface area contributed by atoms with Crippen molar-refractivity contribution >= 4 is 15.1 Å². The van der Waals surface area contributed by atoms with Crippen molar-refractivity contribution in [2.45, 2.75) is 79.3 Å². The first-order valence-corrected chi connectivity index (χ1v) is 12.2. The topological polar surface area (TPSA) is 81.9 Å². The van der Waals surface area contributed by atoms with Crippen LogP contribution < -0.4 is 0 Å². The largest absolute Gasteiger partial charge is 0.444 e. The molecule has 0 aromatic rings. The Morgan fingerprint density at radius 1 is 1.31 bits per heavy atom. The summed E-state index contributed by atoms with van der Waals surface area (Å²) >= 11 is 0. The van der Waals surface area contributed by atoms with Crippen molar-refractivity contribution in [1.82, 2.24) is 4.90 Å². The Labute approximate surface area is 159 Å². The summed E-state index contributed by atoms with van der Waals surface area (Å²) in [4.78, 5) is 25.5. The first-order chi connectivity index (χ1) is 11.6. The van der Waals surface area contributed by atoms with Crippen LogP contribution in [0.2, 0.25) is 13.1 Å². The molecular weight excluding hydrogens is 352 g/mol. The fraction of sp³-hybridized carbons (Fsp3) is 0.944. The zero-order chi connectivity index (χ0) is 20.5. The Balaban J connectivity index is 3.35. The van der Waals surface area contributed by atoms with E-state index in [9.17, 15) is 14.9 Å². The molecule has 0 aromatic carbocycles. The summed E-state index contributed by atoms with van der Waals surface area (Å²) in [5.74, 6) is -0.246. The van der Waals surface area contributed by atoms with Crippen LogP contribution in [-0.4, -0.2) is 49.4 Å². The van der Waals surface area contributed by atoms with Crippen molar-refractivity contribution < 1.29 is 18.9 Å². The van der Waals surface area contributed by atoms with E-state index >= 15 is 0 Å². The number of amides is 1. The summed E-state index contributed by atoms with van der Waals surface area (Å²) in [5, 5.41) is 11.2. The van der Waals surface area contributed by atoms with Gasteiger partial charge in [-0.1, -0.05) is 27.7 Å². The average molecular weight is 389 g/mol. The lowest BCUT2D eigenvalue weighted by Crippen LogP contribution is -2.57. The van der Waals surface area contributed by atoms with Crippen molar-refractivity contribution in [1.29, 1.82) is 0 Å². The summed E-state index contributed by atoms with van der Waals surface area (Å²) in [6.07, 6.45) is 0.143. The molecule has 1 rings (SSSR count). The zero-order valence-electron chi connectivity index (χ0n) is 17.8. The smallest absolute Gasteiger partial charge is 0.412 e. The molecule has 1 fully saturated rings. The Morgan fingerprint density at radius 3 is 2.23 bits per heavy atom. The first-order valence-electron chi connectivity index (χ1n) is 9.38. The molecule has 1 saturated heterocycles. The molecule has 7 nitrogen and oxygen atoms in total. The van der Waals surface area contributed by atoms with Crippen molar-refractivity contribution in [2.75, 3.05) is 13.1 Å². The minimum atomic E-state index is -1.58. The number of rotatable bonds is 5. The summed E-state index contributed by atoms with van der Waals surface area (Å²) < 4.78 is 12.0. The lowest BCUT2D eigenvalue weighted by Gasteiger charge is -2.43. The Bertz CT molecular complexity index is 527. The van der Waals surface area contributed by atoms with Gasteiger partial charge in [-0.15, -0.1) is 0 Å². The van der Waals surface area contributed by atoms with Gasteiger partial charge in [0.25, 0.3) is 0 Å².